The molecule has 1 aromatic carbocycles. The van der Waals surface area contributed by atoms with E-state index in [1.54, 1.807) is 15.9 Å². The van der Waals surface area contributed by atoms with Gasteiger partial charge in [-0.1, -0.05) is 23.9 Å². The number of carbonyl (C=O) groups is 1. The lowest BCUT2D eigenvalue weighted by Gasteiger charge is -2.28. The molecule has 10 heteroatoms. The van der Waals surface area contributed by atoms with Gasteiger partial charge in [0.15, 0.2) is 5.16 Å². The molecule has 0 radical (unpaired) electrons. The van der Waals surface area contributed by atoms with Gasteiger partial charge >= 0.3 is 0 Å². The first-order valence-corrected chi connectivity index (χ1v) is 13.8. The molecule has 1 aliphatic carbocycles. The maximum Gasteiger partial charge on any atom is 0.268 e. The van der Waals surface area contributed by atoms with Crippen molar-refractivity contribution in [3.05, 3.63) is 50.6 Å². The van der Waals surface area contributed by atoms with E-state index in [0.29, 0.717) is 37.2 Å². The maximum atomic E-state index is 13.9. The molecule has 2 aliphatic rings. The fourth-order valence-electron chi connectivity index (χ4n) is 5.04. The van der Waals surface area contributed by atoms with Crippen LogP contribution in [0.1, 0.15) is 35.8 Å². The first kappa shape index (κ1) is 22.8. The van der Waals surface area contributed by atoms with Crippen LogP contribution in [0.25, 0.3) is 21.7 Å². The molecule has 1 unspecified atom stereocenters. The predicted octanol–water partition coefficient (Wildman–Crippen LogP) is 3.62. The molecule has 4 aromatic rings. The summed E-state index contributed by atoms with van der Waals surface area (Å²) in [7, 11) is 0. The molecule has 0 spiro atoms. The molecule has 3 aromatic heterocycles. The fourth-order valence-corrected chi connectivity index (χ4v) is 7.41. The second-order valence-electron chi connectivity index (χ2n) is 9.19. The highest BCUT2D eigenvalue weighted by Gasteiger charge is 2.28. The minimum Gasteiger partial charge on any atom is -0.378 e. The minimum absolute atomic E-state index is 0.0427. The minimum atomic E-state index is -0.329. The first-order valence-electron chi connectivity index (χ1n) is 12.1. The number of aryl methyl sites for hydroxylation is 3. The van der Waals surface area contributed by atoms with Gasteiger partial charge in [-0.15, -0.1) is 21.5 Å². The molecule has 0 N–H and O–H groups in total. The number of fused-ring (bicyclic) bond motifs is 5. The summed E-state index contributed by atoms with van der Waals surface area (Å²) < 4.78 is 9.08. The van der Waals surface area contributed by atoms with E-state index in [0.717, 1.165) is 47.2 Å². The summed E-state index contributed by atoms with van der Waals surface area (Å²) in [6.07, 6.45) is 4.15. The van der Waals surface area contributed by atoms with Gasteiger partial charge in [-0.2, -0.15) is 0 Å². The van der Waals surface area contributed by atoms with Crippen molar-refractivity contribution in [3.63, 3.8) is 0 Å². The summed E-state index contributed by atoms with van der Waals surface area (Å²) in [5.74, 6) is 0.559. The Bertz CT molecular complexity index is 1500. The topological polar surface area (TPSA) is 81.7 Å². The van der Waals surface area contributed by atoms with Crippen LogP contribution in [0.15, 0.2) is 34.2 Å². The van der Waals surface area contributed by atoms with Crippen molar-refractivity contribution in [2.75, 3.05) is 26.3 Å². The number of hydrogen-bond donors (Lipinski definition) is 0. The third kappa shape index (κ3) is 3.88. The van der Waals surface area contributed by atoms with Gasteiger partial charge in [0.1, 0.15) is 4.83 Å². The lowest BCUT2D eigenvalue weighted by Crippen LogP contribution is -2.44. The molecular weight excluding hydrogens is 482 g/mol. The van der Waals surface area contributed by atoms with E-state index >= 15 is 0 Å². The van der Waals surface area contributed by atoms with E-state index in [1.807, 2.05) is 47.4 Å². The van der Waals surface area contributed by atoms with Crippen LogP contribution in [0.2, 0.25) is 0 Å². The van der Waals surface area contributed by atoms with Crippen molar-refractivity contribution in [2.24, 2.45) is 0 Å². The molecule has 8 nitrogen and oxygen atoms in total. The summed E-state index contributed by atoms with van der Waals surface area (Å²) in [5, 5.41) is 10.1. The molecule has 1 fully saturated rings. The van der Waals surface area contributed by atoms with Crippen LogP contribution in [0.5, 0.6) is 0 Å². The van der Waals surface area contributed by atoms with Crippen molar-refractivity contribution >= 4 is 45.0 Å². The zero-order chi connectivity index (χ0) is 24.1. The van der Waals surface area contributed by atoms with Crippen molar-refractivity contribution in [1.29, 1.82) is 0 Å². The lowest BCUT2D eigenvalue weighted by atomic mass is 9.97. The van der Waals surface area contributed by atoms with Crippen LogP contribution in [-0.4, -0.2) is 61.5 Å². The van der Waals surface area contributed by atoms with Gasteiger partial charge < -0.3 is 9.64 Å². The molecule has 0 saturated carbocycles. The van der Waals surface area contributed by atoms with Crippen molar-refractivity contribution < 1.29 is 9.53 Å². The number of amides is 1. The van der Waals surface area contributed by atoms with Crippen LogP contribution in [0.4, 0.5) is 0 Å². The van der Waals surface area contributed by atoms with Crippen LogP contribution in [-0.2, 0) is 22.4 Å². The number of rotatable bonds is 4. The Morgan fingerprint density at radius 2 is 1.97 bits per heavy atom. The van der Waals surface area contributed by atoms with E-state index in [1.165, 1.54) is 22.2 Å². The third-order valence-electron chi connectivity index (χ3n) is 6.80. The Hall–Kier alpha value is -2.69. The number of carbonyl (C=O) groups excluding carboxylic acids is 1. The zero-order valence-corrected chi connectivity index (χ0v) is 21.5. The Morgan fingerprint density at radius 1 is 1.17 bits per heavy atom. The van der Waals surface area contributed by atoms with E-state index in [2.05, 4.69) is 10.2 Å². The number of aromatic nitrogens is 4. The molecule has 1 aliphatic heterocycles. The number of thiophene rings is 1. The highest BCUT2D eigenvalue weighted by Crippen LogP contribution is 2.37. The summed E-state index contributed by atoms with van der Waals surface area (Å²) in [4.78, 5) is 31.1. The van der Waals surface area contributed by atoms with Gasteiger partial charge in [0, 0.05) is 18.0 Å². The van der Waals surface area contributed by atoms with E-state index in [4.69, 9.17) is 4.74 Å². The van der Waals surface area contributed by atoms with Crippen molar-refractivity contribution in [1.82, 2.24) is 24.1 Å². The molecule has 0 bridgehead atoms. The summed E-state index contributed by atoms with van der Waals surface area (Å²) in [5.41, 5.74) is 2.98. The number of morpholine rings is 1. The number of benzene rings is 1. The molecule has 35 heavy (non-hydrogen) atoms. The largest absolute Gasteiger partial charge is 0.378 e. The monoisotopic (exact) mass is 509 g/mol. The fraction of sp³-hybridized carbons (Fsp3) is 0.440. The number of thioether (sulfide) groups is 1. The van der Waals surface area contributed by atoms with Gasteiger partial charge in [0.25, 0.3) is 5.56 Å². The third-order valence-corrected chi connectivity index (χ3v) is 9.11. The SMILES string of the molecule is Cc1cccc(-n2c(=O)c3c4c(sc3n3c(SC(C)C(=O)N5CCOCC5)nnc23)CCCC4)c1. The van der Waals surface area contributed by atoms with Gasteiger partial charge in [-0.3, -0.25) is 9.59 Å². The van der Waals surface area contributed by atoms with Crippen molar-refractivity contribution in [2.45, 2.75) is 49.9 Å². The van der Waals surface area contributed by atoms with E-state index < -0.39 is 0 Å². The number of hydrogen-bond acceptors (Lipinski definition) is 7. The zero-order valence-electron chi connectivity index (χ0n) is 19.8. The average molecular weight is 510 g/mol. The molecule has 1 atom stereocenters. The predicted molar refractivity (Wildman–Crippen MR) is 138 cm³/mol. The summed E-state index contributed by atoms with van der Waals surface area (Å²) in [6, 6.07) is 7.90. The van der Waals surface area contributed by atoms with Crippen molar-refractivity contribution in [3.8, 4) is 5.69 Å². The average Bonchev–Trinajstić information content (AvgIpc) is 3.46. The summed E-state index contributed by atoms with van der Waals surface area (Å²) in [6.45, 7) is 6.29. The molecule has 4 heterocycles. The quantitative estimate of drug-likeness (QED) is 0.391. The smallest absolute Gasteiger partial charge is 0.268 e. The van der Waals surface area contributed by atoms with E-state index in [-0.39, 0.29) is 16.7 Å². The van der Waals surface area contributed by atoms with Gasteiger partial charge in [0.05, 0.1) is 29.5 Å². The first-order chi connectivity index (χ1) is 17.0. The number of ether oxygens (including phenoxy) is 1. The van der Waals surface area contributed by atoms with E-state index in [9.17, 15) is 9.59 Å². The van der Waals surface area contributed by atoms with Crippen LogP contribution in [0.3, 0.4) is 0 Å². The highest BCUT2D eigenvalue weighted by molar-refractivity contribution is 8.00. The second-order valence-corrected chi connectivity index (χ2v) is 11.6. The number of nitrogens with zero attached hydrogens (tertiary/aromatic N) is 5. The Balaban J connectivity index is 1.53. The van der Waals surface area contributed by atoms with Gasteiger partial charge in [-0.05, 0) is 62.8 Å². The normalized spacial score (nSPS) is 17.1. The molecule has 1 amide bonds. The van der Waals surface area contributed by atoms with Crippen LogP contribution in [0, 0.1) is 6.92 Å². The highest BCUT2D eigenvalue weighted by atomic mass is 32.2. The lowest BCUT2D eigenvalue weighted by molar-refractivity contribution is -0.134. The molecule has 6 rings (SSSR count). The van der Waals surface area contributed by atoms with Crippen LogP contribution >= 0.6 is 23.1 Å². The molecular formula is C25H27N5O3S2. The van der Waals surface area contributed by atoms with Gasteiger partial charge in [0.2, 0.25) is 11.7 Å². The van der Waals surface area contributed by atoms with Gasteiger partial charge in [-0.25, -0.2) is 8.97 Å². The molecule has 182 valence electrons. The Morgan fingerprint density at radius 3 is 2.77 bits per heavy atom. The van der Waals surface area contributed by atoms with Crippen LogP contribution < -0.4 is 5.56 Å². The molecule has 1 saturated heterocycles. The standard InChI is InChI=1S/C25H27N5O3S2/c1-15-6-5-7-17(14-15)29-22(32)20-18-8-3-4-9-19(18)35-23(20)30-24(29)26-27-25(30)34-16(2)21(31)28-10-12-33-13-11-28/h5-7,14,16H,3-4,8-13H2,1-2H3. The Kier molecular flexibility index (Phi) is 5.90. The summed E-state index contributed by atoms with van der Waals surface area (Å²) >= 11 is 3.08. The Labute approximate surface area is 210 Å². The maximum absolute atomic E-state index is 13.9. The second kappa shape index (κ2) is 9.07.